The molecule has 0 saturated carbocycles. The standard InChI is InChI=1S/C24H24N8O/c1-15-22(29-30-32(15)19-6-9-26-10-7-19)17-11-21(24-18(12-25)13-28-31(24)14-17)33-20-5-4-16-3-2-8-27-23(16)20/h2-3,8,11,13-14,19-20,26H,4-7,9-10H2,1H3/t20-/m1/s1. The minimum atomic E-state index is -0.159. The Morgan fingerprint density at radius 2 is 2.12 bits per heavy atom. The maximum absolute atomic E-state index is 9.64. The quantitative estimate of drug-likeness (QED) is 0.519. The Morgan fingerprint density at radius 1 is 1.24 bits per heavy atom. The number of nitrogens with one attached hydrogen (secondary N) is 1. The van der Waals surface area contributed by atoms with Gasteiger partial charge >= 0.3 is 0 Å². The molecule has 0 radical (unpaired) electrons. The van der Waals surface area contributed by atoms with Gasteiger partial charge in [0.1, 0.15) is 34.7 Å². The number of hydrogen-bond acceptors (Lipinski definition) is 7. The molecule has 33 heavy (non-hydrogen) atoms. The highest BCUT2D eigenvalue weighted by Gasteiger charge is 2.28. The topological polar surface area (TPSA) is 106 Å². The second-order valence-corrected chi connectivity index (χ2v) is 8.70. The number of pyridine rings is 2. The molecular weight excluding hydrogens is 416 g/mol. The maximum atomic E-state index is 9.64. The van der Waals surface area contributed by atoms with Crippen molar-refractivity contribution in [3.05, 3.63) is 59.3 Å². The fourth-order valence-electron chi connectivity index (χ4n) is 5.03. The highest BCUT2D eigenvalue weighted by Crippen LogP contribution is 2.38. The summed E-state index contributed by atoms with van der Waals surface area (Å²) in [7, 11) is 0. The number of ether oxygens (including phenoxy) is 1. The third-order valence-electron chi connectivity index (χ3n) is 6.73. The first kappa shape index (κ1) is 19.9. The van der Waals surface area contributed by atoms with Gasteiger partial charge < -0.3 is 10.1 Å². The number of nitriles is 1. The summed E-state index contributed by atoms with van der Waals surface area (Å²) < 4.78 is 10.3. The molecule has 166 valence electrons. The summed E-state index contributed by atoms with van der Waals surface area (Å²) >= 11 is 0. The molecule has 0 spiro atoms. The Bertz CT molecular complexity index is 1380. The molecule has 0 aromatic carbocycles. The van der Waals surface area contributed by atoms with Crippen molar-refractivity contribution < 1.29 is 4.74 Å². The van der Waals surface area contributed by atoms with Crippen LogP contribution in [0.15, 0.2) is 36.8 Å². The van der Waals surface area contributed by atoms with Gasteiger partial charge in [-0.05, 0) is 63.4 Å². The van der Waals surface area contributed by atoms with Crippen LogP contribution in [0.3, 0.4) is 0 Å². The van der Waals surface area contributed by atoms with Gasteiger partial charge in [-0.2, -0.15) is 10.4 Å². The summed E-state index contributed by atoms with van der Waals surface area (Å²) in [4.78, 5) is 4.55. The van der Waals surface area contributed by atoms with E-state index in [2.05, 4.69) is 44.8 Å². The van der Waals surface area contributed by atoms with Gasteiger partial charge in [0.25, 0.3) is 0 Å². The van der Waals surface area contributed by atoms with Crippen LogP contribution >= 0.6 is 0 Å². The van der Waals surface area contributed by atoms with E-state index in [1.807, 2.05) is 23.0 Å². The first-order valence-electron chi connectivity index (χ1n) is 11.4. The van der Waals surface area contributed by atoms with Gasteiger partial charge in [-0.25, -0.2) is 9.20 Å². The lowest BCUT2D eigenvalue weighted by Crippen LogP contribution is -2.30. The van der Waals surface area contributed by atoms with Gasteiger partial charge in [0.15, 0.2) is 0 Å². The molecule has 1 fully saturated rings. The third-order valence-corrected chi connectivity index (χ3v) is 6.73. The van der Waals surface area contributed by atoms with Crippen molar-refractivity contribution in [1.29, 1.82) is 5.26 Å². The van der Waals surface area contributed by atoms with E-state index in [4.69, 9.17) is 4.74 Å². The molecule has 4 aromatic rings. The van der Waals surface area contributed by atoms with E-state index >= 15 is 0 Å². The number of aryl methyl sites for hydroxylation is 1. The van der Waals surface area contributed by atoms with Crippen molar-refractivity contribution >= 4 is 5.52 Å². The van der Waals surface area contributed by atoms with Gasteiger partial charge in [0, 0.05) is 18.0 Å². The Labute approximate surface area is 191 Å². The van der Waals surface area contributed by atoms with Crippen LogP contribution in [0, 0.1) is 18.3 Å². The van der Waals surface area contributed by atoms with Gasteiger partial charge in [-0.3, -0.25) is 4.98 Å². The summed E-state index contributed by atoms with van der Waals surface area (Å²) in [5.74, 6) is 0.612. The number of aromatic nitrogens is 6. The van der Waals surface area contributed by atoms with Gasteiger partial charge in [-0.1, -0.05) is 11.3 Å². The van der Waals surface area contributed by atoms with E-state index in [1.165, 1.54) is 5.56 Å². The van der Waals surface area contributed by atoms with Crippen LogP contribution in [0.2, 0.25) is 0 Å². The predicted molar refractivity (Wildman–Crippen MR) is 121 cm³/mol. The second kappa shape index (κ2) is 7.98. The lowest BCUT2D eigenvalue weighted by Gasteiger charge is -2.23. The molecule has 1 atom stereocenters. The Hall–Kier alpha value is -3.77. The van der Waals surface area contributed by atoms with Crippen LogP contribution in [0.25, 0.3) is 16.8 Å². The molecule has 4 aromatic heterocycles. The largest absolute Gasteiger partial charge is 0.482 e. The molecule has 5 heterocycles. The van der Waals surface area contributed by atoms with Crippen molar-refractivity contribution in [3.8, 4) is 23.1 Å². The number of rotatable bonds is 4. The van der Waals surface area contributed by atoms with Crippen LogP contribution in [-0.4, -0.2) is 42.7 Å². The minimum absolute atomic E-state index is 0.159. The molecule has 1 aliphatic heterocycles. The first-order valence-corrected chi connectivity index (χ1v) is 11.4. The zero-order chi connectivity index (χ0) is 22.4. The maximum Gasteiger partial charge on any atom is 0.148 e. The minimum Gasteiger partial charge on any atom is -0.482 e. The van der Waals surface area contributed by atoms with E-state index in [0.29, 0.717) is 22.9 Å². The van der Waals surface area contributed by atoms with Crippen molar-refractivity contribution in [2.24, 2.45) is 0 Å². The molecule has 1 aliphatic carbocycles. The van der Waals surface area contributed by atoms with Crippen LogP contribution < -0.4 is 10.1 Å². The second-order valence-electron chi connectivity index (χ2n) is 8.70. The molecule has 1 saturated heterocycles. The molecule has 2 aliphatic rings. The molecule has 1 N–H and O–H groups in total. The smallest absolute Gasteiger partial charge is 0.148 e. The Kier molecular flexibility index (Phi) is 4.80. The summed E-state index contributed by atoms with van der Waals surface area (Å²) in [6.07, 6.45) is 8.97. The van der Waals surface area contributed by atoms with Crippen molar-refractivity contribution in [3.63, 3.8) is 0 Å². The van der Waals surface area contributed by atoms with Gasteiger partial charge in [0.2, 0.25) is 0 Å². The number of fused-ring (bicyclic) bond motifs is 2. The highest BCUT2D eigenvalue weighted by molar-refractivity contribution is 5.74. The van der Waals surface area contributed by atoms with E-state index in [1.54, 1.807) is 16.9 Å². The third kappa shape index (κ3) is 3.34. The van der Waals surface area contributed by atoms with E-state index in [-0.39, 0.29) is 6.10 Å². The monoisotopic (exact) mass is 440 g/mol. The lowest BCUT2D eigenvalue weighted by molar-refractivity contribution is 0.205. The zero-order valence-corrected chi connectivity index (χ0v) is 18.4. The van der Waals surface area contributed by atoms with E-state index in [9.17, 15) is 5.26 Å². The summed E-state index contributed by atoms with van der Waals surface area (Å²) in [5, 5.41) is 26.5. The lowest BCUT2D eigenvalue weighted by atomic mass is 10.1. The average Bonchev–Trinajstić information content (AvgIpc) is 3.56. The summed E-state index contributed by atoms with van der Waals surface area (Å²) in [5.41, 5.74) is 6.01. The van der Waals surface area contributed by atoms with Crippen molar-refractivity contribution in [1.82, 2.24) is 34.9 Å². The zero-order valence-electron chi connectivity index (χ0n) is 18.4. The molecule has 9 heteroatoms. The first-order chi connectivity index (χ1) is 16.2. The van der Waals surface area contributed by atoms with E-state index < -0.39 is 0 Å². The molecule has 6 rings (SSSR count). The van der Waals surface area contributed by atoms with Crippen molar-refractivity contribution in [2.75, 3.05) is 13.1 Å². The average molecular weight is 441 g/mol. The van der Waals surface area contributed by atoms with Gasteiger partial charge in [0.05, 0.1) is 23.6 Å². The van der Waals surface area contributed by atoms with Crippen LogP contribution in [0.5, 0.6) is 5.75 Å². The van der Waals surface area contributed by atoms with Crippen LogP contribution in [-0.2, 0) is 6.42 Å². The van der Waals surface area contributed by atoms with Crippen LogP contribution in [0.4, 0.5) is 0 Å². The SMILES string of the molecule is Cc1c(-c2cc(O[C@@H]3CCc4cccnc43)c3c(C#N)cnn3c2)nnn1C1CCNCC1. The number of piperidine rings is 1. The summed E-state index contributed by atoms with van der Waals surface area (Å²) in [6.45, 7) is 4.04. The fraction of sp³-hybridized carbons (Fsp3) is 0.375. The molecular formula is C24H24N8O. The van der Waals surface area contributed by atoms with Gasteiger partial charge in [-0.15, -0.1) is 5.10 Å². The summed E-state index contributed by atoms with van der Waals surface area (Å²) in [6, 6.07) is 8.60. The fourth-order valence-corrected chi connectivity index (χ4v) is 5.03. The Balaban J connectivity index is 1.42. The molecule has 0 unspecified atom stereocenters. The molecule has 0 amide bonds. The normalized spacial score (nSPS) is 18.4. The highest BCUT2D eigenvalue weighted by atomic mass is 16.5. The Morgan fingerprint density at radius 3 is 2.97 bits per heavy atom. The number of hydrogen-bond donors (Lipinski definition) is 1. The van der Waals surface area contributed by atoms with Crippen molar-refractivity contribution in [2.45, 2.75) is 44.8 Å². The van der Waals surface area contributed by atoms with Crippen LogP contribution in [0.1, 0.15) is 53.9 Å². The van der Waals surface area contributed by atoms with E-state index in [0.717, 1.165) is 61.4 Å². The molecule has 0 bridgehead atoms. The predicted octanol–water partition coefficient (Wildman–Crippen LogP) is 3.16. The molecule has 9 nitrogen and oxygen atoms in total. The number of nitrogens with zero attached hydrogens (tertiary/aromatic N) is 7.